The van der Waals surface area contributed by atoms with Crippen LogP contribution in [0.3, 0.4) is 0 Å². The van der Waals surface area contributed by atoms with Crippen LogP contribution in [-0.2, 0) is 15.1 Å². The average molecular weight is 447 g/mol. The molecule has 32 heavy (non-hydrogen) atoms. The number of benzene rings is 1. The molecule has 2 aromatic heterocycles. The van der Waals surface area contributed by atoms with E-state index in [0.717, 1.165) is 27.0 Å². The van der Waals surface area contributed by atoms with Crippen LogP contribution in [0.1, 0.15) is 51.7 Å². The Bertz CT molecular complexity index is 1250. The van der Waals surface area contributed by atoms with Crippen molar-refractivity contribution in [2.45, 2.75) is 46.1 Å². The van der Waals surface area contributed by atoms with Crippen molar-refractivity contribution in [2.75, 3.05) is 0 Å². The molecule has 0 amide bonds. The molecule has 164 valence electrons. The number of carbonyl (C=O) groups is 2. The zero-order valence-corrected chi connectivity index (χ0v) is 19.7. The van der Waals surface area contributed by atoms with E-state index in [2.05, 4.69) is 18.8 Å². The third-order valence-corrected chi connectivity index (χ3v) is 7.29. The van der Waals surface area contributed by atoms with Gasteiger partial charge < -0.3 is 10.0 Å². The summed E-state index contributed by atoms with van der Waals surface area (Å²) in [5.41, 5.74) is 3.46. The van der Waals surface area contributed by atoms with Gasteiger partial charge >= 0.3 is 5.97 Å². The third kappa shape index (κ3) is 3.35. The number of Topliss-reactive ketones (excluding diaryl/α,β-unsaturated/α-hetero) is 1. The predicted molar refractivity (Wildman–Crippen MR) is 127 cm³/mol. The first-order chi connectivity index (χ1) is 15.2. The van der Waals surface area contributed by atoms with Crippen molar-refractivity contribution >= 4 is 33.3 Å². The van der Waals surface area contributed by atoms with Gasteiger partial charge in [-0.2, -0.15) is 0 Å². The zero-order valence-electron chi connectivity index (χ0n) is 18.8. The summed E-state index contributed by atoms with van der Waals surface area (Å²) in [5, 5.41) is 13.2. The summed E-state index contributed by atoms with van der Waals surface area (Å²) in [7, 11) is 0. The molecular formula is C26H26N2O3S. The second-order valence-corrected chi connectivity index (χ2v) is 9.46. The van der Waals surface area contributed by atoms with Gasteiger partial charge in [0.15, 0.2) is 5.78 Å². The van der Waals surface area contributed by atoms with Crippen LogP contribution in [0, 0.1) is 0 Å². The Morgan fingerprint density at radius 3 is 2.31 bits per heavy atom. The maximum Gasteiger partial charge on any atom is 0.334 e. The molecule has 0 aliphatic carbocycles. The quantitative estimate of drug-likeness (QED) is 0.532. The van der Waals surface area contributed by atoms with Crippen LogP contribution in [0.15, 0.2) is 76.6 Å². The third-order valence-electron chi connectivity index (χ3n) is 6.37. The Hall–Kier alpha value is -3.25. The Labute approximate surface area is 191 Å². The van der Waals surface area contributed by atoms with E-state index >= 15 is 0 Å². The van der Waals surface area contributed by atoms with Gasteiger partial charge in [-0.05, 0) is 57.2 Å². The molecule has 1 aliphatic heterocycles. The molecule has 5 nitrogen and oxygen atoms in total. The van der Waals surface area contributed by atoms with E-state index in [0.29, 0.717) is 11.3 Å². The van der Waals surface area contributed by atoms with Crippen molar-refractivity contribution in [2.24, 2.45) is 0 Å². The number of thiophene rings is 1. The topological polar surface area (TPSA) is 70.5 Å². The number of aliphatic carboxylic acids is 1. The molecule has 0 bridgehead atoms. The van der Waals surface area contributed by atoms with Crippen LogP contribution in [-0.4, -0.2) is 26.7 Å². The maximum absolute atomic E-state index is 13.0. The van der Waals surface area contributed by atoms with Gasteiger partial charge in [0, 0.05) is 34.5 Å². The van der Waals surface area contributed by atoms with Gasteiger partial charge in [0.1, 0.15) is 4.83 Å². The van der Waals surface area contributed by atoms with E-state index in [1.165, 1.54) is 18.3 Å². The molecule has 1 aliphatic rings. The van der Waals surface area contributed by atoms with E-state index in [9.17, 15) is 14.7 Å². The lowest BCUT2D eigenvalue weighted by Gasteiger charge is -2.47. The smallest absolute Gasteiger partial charge is 0.334 e. The Morgan fingerprint density at radius 2 is 1.69 bits per heavy atom. The second kappa shape index (κ2) is 8.02. The van der Waals surface area contributed by atoms with E-state index in [1.54, 1.807) is 6.20 Å². The fourth-order valence-corrected chi connectivity index (χ4v) is 5.96. The SMILES string of the molecule is CC(=O)C1=C(C)N(C(C)(C)c2ccccc2)C(C)=C(C(=O)O)C1c1csc2ncccc12. The molecule has 3 heterocycles. The summed E-state index contributed by atoms with van der Waals surface area (Å²) in [6.45, 7) is 9.39. The van der Waals surface area contributed by atoms with Crippen molar-refractivity contribution in [3.63, 3.8) is 0 Å². The molecule has 0 radical (unpaired) electrons. The van der Waals surface area contributed by atoms with Crippen molar-refractivity contribution < 1.29 is 14.7 Å². The number of hydrogen-bond donors (Lipinski definition) is 1. The fourth-order valence-electron chi connectivity index (χ4n) is 5.03. The molecule has 3 aromatic rings. The molecule has 1 unspecified atom stereocenters. The van der Waals surface area contributed by atoms with Crippen LogP contribution in [0.25, 0.3) is 10.2 Å². The fraction of sp³-hybridized carbons (Fsp3) is 0.269. The first-order valence-electron chi connectivity index (χ1n) is 10.5. The molecule has 6 heteroatoms. The number of aromatic nitrogens is 1. The summed E-state index contributed by atoms with van der Waals surface area (Å²) in [4.78, 5) is 32.9. The molecular weight excluding hydrogens is 420 g/mol. The number of nitrogens with zero attached hydrogens (tertiary/aromatic N) is 2. The van der Waals surface area contributed by atoms with Gasteiger partial charge in [0.2, 0.25) is 0 Å². The molecule has 4 rings (SSSR count). The highest BCUT2D eigenvalue weighted by atomic mass is 32.1. The number of carbonyl (C=O) groups excluding carboxylic acids is 1. The number of allylic oxidation sites excluding steroid dienone is 3. The van der Waals surface area contributed by atoms with Crippen LogP contribution < -0.4 is 0 Å². The van der Waals surface area contributed by atoms with Crippen LogP contribution in [0.2, 0.25) is 0 Å². The van der Waals surface area contributed by atoms with E-state index < -0.39 is 17.4 Å². The molecule has 0 spiro atoms. The highest BCUT2D eigenvalue weighted by molar-refractivity contribution is 7.16. The van der Waals surface area contributed by atoms with Gasteiger partial charge in [-0.1, -0.05) is 36.4 Å². The van der Waals surface area contributed by atoms with E-state index in [4.69, 9.17) is 0 Å². The molecule has 1 atom stereocenters. The molecule has 1 aromatic carbocycles. The monoisotopic (exact) mass is 446 g/mol. The van der Waals surface area contributed by atoms with Crippen molar-refractivity contribution in [1.82, 2.24) is 9.88 Å². The minimum absolute atomic E-state index is 0.129. The first-order valence-corrected chi connectivity index (χ1v) is 11.4. The van der Waals surface area contributed by atoms with E-state index in [1.807, 2.05) is 66.6 Å². The largest absolute Gasteiger partial charge is 0.478 e. The summed E-state index contributed by atoms with van der Waals surface area (Å²) in [6.07, 6.45) is 1.72. The zero-order chi connectivity index (χ0) is 23.2. The number of hydrogen-bond acceptors (Lipinski definition) is 5. The standard InChI is InChI=1S/C26H26N2O3S/c1-15-21(17(3)29)23(20-14-32-24-19(20)12-9-13-27-24)22(25(30)31)16(2)28(15)26(4,5)18-10-7-6-8-11-18/h6-14,23H,1-5H3,(H,30,31). The van der Waals surface area contributed by atoms with E-state index in [-0.39, 0.29) is 11.4 Å². The van der Waals surface area contributed by atoms with Gasteiger partial charge in [-0.25, -0.2) is 9.78 Å². The second-order valence-electron chi connectivity index (χ2n) is 8.60. The Morgan fingerprint density at radius 1 is 1.03 bits per heavy atom. The van der Waals surface area contributed by atoms with Crippen LogP contribution in [0.4, 0.5) is 0 Å². The number of pyridine rings is 1. The van der Waals surface area contributed by atoms with Crippen molar-refractivity contribution in [1.29, 1.82) is 0 Å². The average Bonchev–Trinajstić information content (AvgIpc) is 3.17. The Balaban J connectivity index is 2.01. The highest BCUT2D eigenvalue weighted by Gasteiger charge is 2.43. The van der Waals surface area contributed by atoms with Crippen LogP contribution >= 0.6 is 11.3 Å². The minimum atomic E-state index is -1.02. The number of carboxylic acid groups (broad SMARTS) is 1. The van der Waals surface area contributed by atoms with Gasteiger partial charge in [0.05, 0.1) is 11.1 Å². The van der Waals surface area contributed by atoms with Crippen LogP contribution in [0.5, 0.6) is 0 Å². The Kier molecular flexibility index (Phi) is 5.51. The van der Waals surface area contributed by atoms with Gasteiger partial charge in [-0.15, -0.1) is 11.3 Å². The summed E-state index contributed by atoms with van der Waals surface area (Å²) < 4.78 is 0. The molecule has 0 fully saturated rings. The molecule has 0 saturated heterocycles. The van der Waals surface area contributed by atoms with Crippen molar-refractivity contribution in [3.05, 3.63) is 87.7 Å². The molecule has 0 saturated carbocycles. The lowest BCUT2D eigenvalue weighted by molar-refractivity contribution is -0.133. The predicted octanol–water partition coefficient (Wildman–Crippen LogP) is 5.85. The summed E-state index contributed by atoms with van der Waals surface area (Å²) in [6, 6.07) is 13.7. The minimum Gasteiger partial charge on any atom is -0.478 e. The lowest BCUT2D eigenvalue weighted by atomic mass is 9.76. The normalized spacial score (nSPS) is 17.3. The highest BCUT2D eigenvalue weighted by Crippen LogP contribution is 2.48. The van der Waals surface area contributed by atoms with Crippen molar-refractivity contribution in [3.8, 4) is 0 Å². The number of fused-ring (bicyclic) bond motifs is 1. The van der Waals surface area contributed by atoms with Gasteiger partial charge in [-0.3, -0.25) is 4.79 Å². The summed E-state index contributed by atoms with van der Waals surface area (Å²) in [5.74, 6) is -1.79. The first kappa shape index (κ1) is 22.0. The molecule has 1 N–H and O–H groups in total. The summed E-state index contributed by atoms with van der Waals surface area (Å²) >= 11 is 1.47. The van der Waals surface area contributed by atoms with Gasteiger partial charge in [0.25, 0.3) is 0 Å². The number of carboxylic acids is 1. The number of rotatable bonds is 5. The maximum atomic E-state index is 13.0. The lowest BCUT2D eigenvalue weighted by Crippen LogP contribution is -2.44. The number of ketones is 1.